The molecule has 0 saturated heterocycles. The maximum absolute atomic E-state index is 2.49. The summed E-state index contributed by atoms with van der Waals surface area (Å²) >= 11 is 0. The Morgan fingerprint density at radius 1 is 0.326 bits per heavy atom. The van der Waals surface area contributed by atoms with Crippen LogP contribution in [0.5, 0.6) is 0 Å². The topological polar surface area (TPSA) is 0 Å². The molecule has 0 saturated carbocycles. The lowest BCUT2D eigenvalue weighted by Crippen LogP contribution is -2.14. The molecular formula is C43H30. The maximum atomic E-state index is 2.49. The van der Waals surface area contributed by atoms with E-state index in [1.807, 2.05) is 0 Å². The Kier molecular flexibility index (Phi) is 5.05. The van der Waals surface area contributed by atoms with E-state index in [0.29, 0.717) is 0 Å². The van der Waals surface area contributed by atoms with Crippen LogP contribution in [0.15, 0.2) is 146 Å². The fourth-order valence-electron chi connectivity index (χ4n) is 7.84. The van der Waals surface area contributed by atoms with Crippen molar-refractivity contribution in [2.75, 3.05) is 0 Å². The van der Waals surface area contributed by atoms with Crippen molar-refractivity contribution in [2.45, 2.75) is 19.3 Å². The van der Waals surface area contributed by atoms with Crippen LogP contribution in [-0.4, -0.2) is 0 Å². The lowest BCUT2D eigenvalue weighted by atomic mass is 9.80. The van der Waals surface area contributed by atoms with Gasteiger partial charge in [0, 0.05) is 5.41 Å². The SMILES string of the molecule is CC1(C)c2ccccc2-c2cc3cccc(-c4c5ccccc5c(-c5cccc6ccccc56)c5ccccc45)c3cc21. The molecule has 0 bridgehead atoms. The minimum absolute atomic E-state index is 0.0460. The Balaban J connectivity index is 1.41. The predicted octanol–water partition coefficient (Wildman–Crippen LogP) is 11.9. The van der Waals surface area contributed by atoms with Gasteiger partial charge in [-0.25, -0.2) is 0 Å². The number of rotatable bonds is 2. The van der Waals surface area contributed by atoms with E-state index in [1.54, 1.807) is 0 Å². The number of fused-ring (bicyclic) bond motifs is 7. The standard InChI is InChI=1S/C43H30/c1-43(2)39-24-10-9-17-30(39)38-25-28-15-12-23-36(37(28)26-40(38)43)42-34-20-7-5-18-32(34)41(33-19-6-8-21-35(33)42)31-22-11-14-27-13-3-4-16-29(27)31/h3-26H,1-2H3. The summed E-state index contributed by atoms with van der Waals surface area (Å²) in [5, 5.41) is 10.3. The van der Waals surface area contributed by atoms with Crippen LogP contribution in [0, 0.1) is 0 Å². The molecule has 0 fully saturated rings. The molecule has 43 heavy (non-hydrogen) atoms. The molecule has 0 heteroatoms. The molecule has 0 atom stereocenters. The van der Waals surface area contributed by atoms with Gasteiger partial charge in [-0.05, 0) is 99.7 Å². The van der Waals surface area contributed by atoms with Gasteiger partial charge in [-0.15, -0.1) is 0 Å². The van der Waals surface area contributed by atoms with Crippen LogP contribution >= 0.6 is 0 Å². The highest BCUT2D eigenvalue weighted by Crippen LogP contribution is 2.52. The Morgan fingerprint density at radius 3 is 1.44 bits per heavy atom. The summed E-state index contributed by atoms with van der Waals surface area (Å²) in [6, 6.07) is 54.1. The molecule has 8 aromatic rings. The highest BCUT2D eigenvalue weighted by molar-refractivity contribution is 6.25. The third-order valence-corrected chi connectivity index (χ3v) is 9.84. The average molecular weight is 547 g/mol. The quantitative estimate of drug-likeness (QED) is 0.189. The fraction of sp³-hybridized carbons (Fsp3) is 0.0698. The molecule has 0 spiro atoms. The second kappa shape index (κ2) is 8.90. The van der Waals surface area contributed by atoms with Crippen LogP contribution in [0.3, 0.4) is 0 Å². The lowest BCUT2D eigenvalue weighted by Gasteiger charge is -2.23. The summed E-state index contributed by atoms with van der Waals surface area (Å²) in [6.07, 6.45) is 0. The summed E-state index contributed by atoms with van der Waals surface area (Å²) in [6.45, 7) is 4.74. The first-order chi connectivity index (χ1) is 21.1. The zero-order chi connectivity index (χ0) is 28.7. The second-order valence-corrected chi connectivity index (χ2v) is 12.5. The van der Waals surface area contributed by atoms with Crippen LogP contribution in [0.2, 0.25) is 0 Å². The fourth-order valence-corrected chi connectivity index (χ4v) is 7.84. The molecule has 1 aliphatic rings. The van der Waals surface area contributed by atoms with Gasteiger partial charge in [0.1, 0.15) is 0 Å². The van der Waals surface area contributed by atoms with Gasteiger partial charge in [0.25, 0.3) is 0 Å². The largest absolute Gasteiger partial charge is 0.0619 e. The Labute approximate surface area is 251 Å². The van der Waals surface area contributed by atoms with E-state index in [1.165, 1.54) is 87.6 Å². The van der Waals surface area contributed by atoms with Crippen molar-refractivity contribution < 1.29 is 0 Å². The molecule has 0 aliphatic heterocycles. The van der Waals surface area contributed by atoms with E-state index >= 15 is 0 Å². The highest BCUT2D eigenvalue weighted by Gasteiger charge is 2.35. The normalized spacial score (nSPS) is 13.5. The van der Waals surface area contributed by atoms with Gasteiger partial charge in [0.15, 0.2) is 0 Å². The third kappa shape index (κ3) is 3.38. The van der Waals surface area contributed by atoms with Crippen LogP contribution in [0.1, 0.15) is 25.0 Å². The molecule has 202 valence electrons. The Bertz CT molecular complexity index is 2360. The first-order valence-electron chi connectivity index (χ1n) is 15.2. The second-order valence-electron chi connectivity index (χ2n) is 12.5. The molecule has 1 aliphatic carbocycles. The Hall–Kier alpha value is -5.20. The van der Waals surface area contributed by atoms with Crippen LogP contribution < -0.4 is 0 Å². The number of hydrogen-bond acceptors (Lipinski definition) is 0. The molecule has 9 rings (SSSR count). The summed E-state index contributed by atoms with van der Waals surface area (Å²) in [7, 11) is 0. The average Bonchev–Trinajstić information content (AvgIpc) is 3.28. The molecule has 0 amide bonds. The number of benzene rings is 8. The summed E-state index contributed by atoms with van der Waals surface area (Å²) in [4.78, 5) is 0. The van der Waals surface area contributed by atoms with Crippen molar-refractivity contribution >= 4 is 43.1 Å². The summed E-state index contributed by atoms with van der Waals surface area (Å²) in [5.41, 5.74) is 10.7. The van der Waals surface area contributed by atoms with Crippen molar-refractivity contribution in [1.82, 2.24) is 0 Å². The molecule has 0 radical (unpaired) electrons. The smallest absolute Gasteiger partial charge is 0.0159 e. The van der Waals surface area contributed by atoms with Crippen molar-refractivity contribution in [1.29, 1.82) is 0 Å². The van der Waals surface area contributed by atoms with Gasteiger partial charge in [-0.1, -0.05) is 147 Å². The van der Waals surface area contributed by atoms with E-state index in [2.05, 4.69) is 159 Å². The van der Waals surface area contributed by atoms with Crippen molar-refractivity contribution in [3.8, 4) is 33.4 Å². The van der Waals surface area contributed by atoms with E-state index in [-0.39, 0.29) is 5.41 Å². The van der Waals surface area contributed by atoms with Gasteiger partial charge in [-0.3, -0.25) is 0 Å². The molecule has 0 N–H and O–H groups in total. The lowest BCUT2D eigenvalue weighted by molar-refractivity contribution is 0.661. The van der Waals surface area contributed by atoms with E-state index in [0.717, 1.165) is 0 Å². The molecule has 0 heterocycles. The van der Waals surface area contributed by atoms with Gasteiger partial charge >= 0.3 is 0 Å². The zero-order valence-corrected chi connectivity index (χ0v) is 24.4. The van der Waals surface area contributed by atoms with Gasteiger partial charge in [0.05, 0.1) is 0 Å². The van der Waals surface area contributed by atoms with E-state index in [9.17, 15) is 0 Å². The highest BCUT2D eigenvalue weighted by atomic mass is 14.4. The van der Waals surface area contributed by atoms with Gasteiger partial charge in [-0.2, -0.15) is 0 Å². The summed E-state index contributed by atoms with van der Waals surface area (Å²) < 4.78 is 0. The maximum Gasteiger partial charge on any atom is 0.0159 e. The number of hydrogen-bond donors (Lipinski definition) is 0. The van der Waals surface area contributed by atoms with Crippen LogP contribution in [0.25, 0.3) is 76.5 Å². The van der Waals surface area contributed by atoms with Crippen molar-refractivity contribution in [2.24, 2.45) is 0 Å². The van der Waals surface area contributed by atoms with Gasteiger partial charge in [0.2, 0.25) is 0 Å². The van der Waals surface area contributed by atoms with Crippen molar-refractivity contribution in [3.05, 3.63) is 157 Å². The summed E-state index contributed by atoms with van der Waals surface area (Å²) in [5.74, 6) is 0. The molecule has 0 nitrogen and oxygen atoms in total. The molecule has 0 unspecified atom stereocenters. The zero-order valence-electron chi connectivity index (χ0n) is 24.4. The van der Waals surface area contributed by atoms with Crippen LogP contribution in [-0.2, 0) is 5.41 Å². The van der Waals surface area contributed by atoms with Crippen molar-refractivity contribution in [3.63, 3.8) is 0 Å². The third-order valence-electron chi connectivity index (χ3n) is 9.84. The van der Waals surface area contributed by atoms with Crippen LogP contribution in [0.4, 0.5) is 0 Å². The van der Waals surface area contributed by atoms with Gasteiger partial charge < -0.3 is 0 Å². The first kappa shape index (κ1) is 24.4. The minimum atomic E-state index is -0.0460. The predicted molar refractivity (Wildman–Crippen MR) is 185 cm³/mol. The Morgan fingerprint density at radius 2 is 0.791 bits per heavy atom. The van der Waals surface area contributed by atoms with E-state index < -0.39 is 0 Å². The minimum Gasteiger partial charge on any atom is -0.0619 e. The van der Waals surface area contributed by atoms with E-state index in [4.69, 9.17) is 0 Å². The first-order valence-corrected chi connectivity index (χ1v) is 15.2. The monoisotopic (exact) mass is 546 g/mol. The molecule has 0 aromatic heterocycles. The molecular weight excluding hydrogens is 516 g/mol. The molecule has 8 aromatic carbocycles.